The number of amides is 1. The van der Waals surface area contributed by atoms with Crippen LogP contribution in [0.5, 0.6) is 0 Å². The summed E-state index contributed by atoms with van der Waals surface area (Å²) >= 11 is 6.71. The van der Waals surface area contributed by atoms with Crippen molar-refractivity contribution in [1.29, 1.82) is 0 Å². The Hall–Kier alpha value is -2.74. The Labute approximate surface area is 161 Å². The number of ether oxygens (including phenoxy) is 1. The van der Waals surface area contributed by atoms with Gasteiger partial charge in [-0.3, -0.25) is 10.00 Å². The van der Waals surface area contributed by atoms with Gasteiger partial charge in [-0.05, 0) is 44.9 Å². The number of hydrogen-bond acceptors (Lipinski definition) is 6. The van der Waals surface area contributed by atoms with E-state index >= 15 is 0 Å². The van der Waals surface area contributed by atoms with E-state index in [1.54, 1.807) is 4.90 Å². The van der Waals surface area contributed by atoms with Gasteiger partial charge in [-0.1, -0.05) is 11.6 Å². The summed E-state index contributed by atoms with van der Waals surface area (Å²) in [6, 6.07) is 3.74. The van der Waals surface area contributed by atoms with Crippen molar-refractivity contribution in [2.75, 3.05) is 23.4 Å². The van der Waals surface area contributed by atoms with Gasteiger partial charge in [0.25, 0.3) is 0 Å². The molecule has 9 heteroatoms. The van der Waals surface area contributed by atoms with Crippen molar-refractivity contribution in [3.63, 3.8) is 0 Å². The van der Waals surface area contributed by atoms with Crippen molar-refractivity contribution in [2.45, 2.75) is 32.8 Å². The monoisotopic (exact) mass is 388 g/mol. The fourth-order valence-electron chi connectivity index (χ4n) is 3.34. The zero-order chi connectivity index (χ0) is 19.3. The van der Waals surface area contributed by atoms with Gasteiger partial charge in [-0.2, -0.15) is 5.10 Å². The smallest absolute Gasteiger partial charge is 0.414 e. The third kappa shape index (κ3) is 2.99. The number of carbonyl (C=O) groups excluding carboxylic acids is 1. The molecule has 1 amide bonds. The summed E-state index contributed by atoms with van der Waals surface area (Å²) < 4.78 is 5.50. The van der Waals surface area contributed by atoms with E-state index in [-0.39, 0.29) is 6.09 Å². The van der Waals surface area contributed by atoms with E-state index in [2.05, 4.69) is 20.5 Å². The molecule has 0 unspecified atom stereocenters. The van der Waals surface area contributed by atoms with Crippen LogP contribution in [0, 0.1) is 0 Å². The molecule has 0 saturated heterocycles. The highest BCUT2D eigenvalue weighted by Gasteiger charge is 2.32. The van der Waals surface area contributed by atoms with E-state index in [1.807, 2.05) is 32.9 Å². The van der Waals surface area contributed by atoms with Gasteiger partial charge in [0, 0.05) is 12.1 Å². The van der Waals surface area contributed by atoms with Crippen LogP contribution in [-0.2, 0) is 11.2 Å². The van der Waals surface area contributed by atoms with Crippen molar-refractivity contribution in [3.8, 4) is 11.3 Å². The first-order valence-corrected chi connectivity index (χ1v) is 9.09. The molecule has 2 aliphatic rings. The average Bonchev–Trinajstić information content (AvgIpc) is 3.19. The maximum Gasteiger partial charge on any atom is 0.414 e. The van der Waals surface area contributed by atoms with Crippen LogP contribution in [0.4, 0.5) is 16.3 Å². The van der Waals surface area contributed by atoms with Gasteiger partial charge >= 0.3 is 6.09 Å². The molecule has 1 aromatic carbocycles. The first-order chi connectivity index (χ1) is 12.8. The molecule has 0 spiro atoms. The van der Waals surface area contributed by atoms with Crippen molar-refractivity contribution < 1.29 is 9.53 Å². The number of amidine groups is 1. The minimum absolute atomic E-state index is 0.371. The number of anilines is 2. The molecule has 4 N–H and O–H groups in total. The lowest BCUT2D eigenvalue weighted by Crippen LogP contribution is -2.35. The van der Waals surface area contributed by atoms with Crippen LogP contribution in [0.1, 0.15) is 31.9 Å². The van der Waals surface area contributed by atoms with Gasteiger partial charge in [0.05, 0.1) is 22.0 Å². The highest BCUT2D eigenvalue weighted by Crippen LogP contribution is 2.41. The first kappa shape index (κ1) is 17.7. The third-order valence-corrected chi connectivity index (χ3v) is 4.93. The molecular formula is C18H21ClN6O2. The summed E-state index contributed by atoms with van der Waals surface area (Å²) in [5, 5.41) is 10.9. The quantitative estimate of drug-likeness (QED) is 0.695. The number of rotatable bonds is 1. The minimum atomic E-state index is -0.553. The number of fused-ring (bicyclic) bond motifs is 2. The number of aromatic amines is 1. The Morgan fingerprint density at radius 3 is 2.89 bits per heavy atom. The predicted octanol–water partition coefficient (Wildman–Crippen LogP) is 3.12. The average molecular weight is 389 g/mol. The summed E-state index contributed by atoms with van der Waals surface area (Å²) in [6.07, 6.45) is 0.281. The molecule has 0 aliphatic carbocycles. The van der Waals surface area contributed by atoms with E-state index < -0.39 is 5.60 Å². The maximum absolute atomic E-state index is 12.5. The first-order valence-electron chi connectivity index (χ1n) is 8.71. The zero-order valence-corrected chi connectivity index (χ0v) is 16.1. The van der Waals surface area contributed by atoms with E-state index in [1.165, 1.54) is 0 Å². The molecule has 142 valence electrons. The minimum Gasteiger partial charge on any atom is -0.443 e. The fourth-order valence-corrected chi connectivity index (χ4v) is 3.69. The van der Waals surface area contributed by atoms with Crippen molar-refractivity contribution in [1.82, 2.24) is 10.2 Å². The number of hydrogen-bond donors (Lipinski definition) is 3. The van der Waals surface area contributed by atoms with Crippen LogP contribution in [0.2, 0.25) is 5.02 Å². The highest BCUT2D eigenvalue weighted by molar-refractivity contribution is 6.35. The number of halogens is 1. The molecular weight excluding hydrogens is 368 g/mol. The normalized spacial score (nSPS) is 15.7. The summed E-state index contributed by atoms with van der Waals surface area (Å²) in [6.45, 7) is 6.46. The SMILES string of the molecule is CC(C)(C)OC(=O)N1CCc2c1ccc(-c1[nH]nc3c1C(N)=NCN3)c2Cl. The van der Waals surface area contributed by atoms with Crippen molar-refractivity contribution in [2.24, 2.45) is 10.7 Å². The summed E-state index contributed by atoms with van der Waals surface area (Å²) in [5.41, 5.74) is 9.37. The third-order valence-electron chi connectivity index (χ3n) is 4.50. The molecule has 0 atom stereocenters. The Kier molecular flexibility index (Phi) is 4.03. The van der Waals surface area contributed by atoms with Crippen LogP contribution in [-0.4, -0.2) is 40.9 Å². The van der Waals surface area contributed by atoms with Gasteiger partial charge < -0.3 is 15.8 Å². The van der Waals surface area contributed by atoms with Crippen molar-refractivity contribution >= 4 is 35.0 Å². The summed E-state index contributed by atoms with van der Waals surface area (Å²) in [5.74, 6) is 1.07. The second-order valence-electron chi connectivity index (χ2n) is 7.51. The molecule has 0 bridgehead atoms. The Morgan fingerprint density at radius 1 is 1.37 bits per heavy atom. The van der Waals surface area contributed by atoms with Crippen LogP contribution >= 0.6 is 11.6 Å². The van der Waals surface area contributed by atoms with Gasteiger partial charge in [-0.25, -0.2) is 9.79 Å². The van der Waals surface area contributed by atoms with Crippen LogP contribution in [0.3, 0.4) is 0 Å². The molecule has 8 nitrogen and oxygen atoms in total. The molecule has 3 heterocycles. The van der Waals surface area contributed by atoms with Gasteiger partial charge in [0.2, 0.25) is 0 Å². The molecule has 2 aliphatic heterocycles. The Balaban J connectivity index is 1.72. The number of nitrogens with two attached hydrogens (primary N) is 1. The Bertz CT molecular complexity index is 959. The van der Waals surface area contributed by atoms with Gasteiger partial charge in [-0.15, -0.1) is 0 Å². The largest absolute Gasteiger partial charge is 0.443 e. The zero-order valence-electron chi connectivity index (χ0n) is 15.4. The van der Waals surface area contributed by atoms with E-state index in [4.69, 9.17) is 22.1 Å². The predicted molar refractivity (Wildman–Crippen MR) is 106 cm³/mol. The summed E-state index contributed by atoms with van der Waals surface area (Å²) in [7, 11) is 0. The number of carbonyl (C=O) groups is 1. The van der Waals surface area contributed by atoms with Crippen LogP contribution in [0.15, 0.2) is 17.1 Å². The molecule has 27 heavy (non-hydrogen) atoms. The van der Waals surface area contributed by atoms with Gasteiger partial charge in [0.15, 0.2) is 5.82 Å². The van der Waals surface area contributed by atoms with E-state index in [0.717, 1.165) is 16.8 Å². The number of benzene rings is 1. The molecule has 4 rings (SSSR count). The van der Waals surface area contributed by atoms with E-state index in [0.29, 0.717) is 47.6 Å². The summed E-state index contributed by atoms with van der Waals surface area (Å²) in [4.78, 5) is 18.3. The lowest BCUT2D eigenvalue weighted by atomic mass is 10.0. The molecule has 2 aromatic rings. The molecule has 1 aromatic heterocycles. The number of nitrogens with one attached hydrogen (secondary N) is 2. The second-order valence-corrected chi connectivity index (χ2v) is 7.89. The topological polar surface area (TPSA) is 109 Å². The maximum atomic E-state index is 12.5. The lowest BCUT2D eigenvalue weighted by Gasteiger charge is -2.25. The van der Waals surface area contributed by atoms with Crippen LogP contribution < -0.4 is 16.0 Å². The molecule has 0 fully saturated rings. The Morgan fingerprint density at radius 2 is 2.15 bits per heavy atom. The van der Waals surface area contributed by atoms with E-state index in [9.17, 15) is 4.79 Å². The second kappa shape index (κ2) is 6.16. The van der Waals surface area contributed by atoms with Crippen molar-refractivity contribution in [3.05, 3.63) is 28.3 Å². The fraction of sp³-hybridized carbons (Fsp3) is 0.389. The van der Waals surface area contributed by atoms with Gasteiger partial charge in [0.1, 0.15) is 18.1 Å². The van der Waals surface area contributed by atoms with Crippen LogP contribution in [0.25, 0.3) is 11.3 Å². The number of nitrogens with zero attached hydrogens (tertiary/aromatic N) is 3. The molecule has 0 radical (unpaired) electrons. The standard InChI is InChI=1S/C18H21ClN6O2/c1-18(2,3)27-17(26)25-7-6-9-11(25)5-4-10(13(9)19)14-12-15(20)21-8-22-16(12)24-23-14/h4-5H,6-8H2,1-3H3,(H2,20,21)(H2,22,23,24). The lowest BCUT2D eigenvalue weighted by molar-refractivity contribution is 0.0584. The number of H-pyrrole nitrogens is 1. The number of aliphatic imine (C=N–C) groups is 1. The number of aromatic nitrogens is 2. The highest BCUT2D eigenvalue weighted by atomic mass is 35.5. The molecule has 0 saturated carbocycles.